The molecule has 14 rings (SSSR count). The van der Waals surface area contributed by atoms with Crippen LogP contribution in [0.3, 0.4) is 0 Å². The highest BCUT2D eigenvalue weighted by molar-refractivity contribution is 7.26. The molecule has 1 aliphatic heterocycles. The Hall–Kier alpha value is -7.96. The molecular formula is C60H36N2OS2. The molecule has 0 aliphatic carbocycles. The van der Waals surface area contributed by atoms with Crippen molar-refractivity contribution in [1.29, 1.82) is 0 Å². The standard InChI is InChI=1S/C60H36N2OS2/c1-3-14-37(15-4-1)61(39-27-30-58-50(32-39)45-20-9-11-24-56(45)64-58)41-26-29-44-52-35-48-42-18-7-8-19-43(42)53(36-49(48)47-22-13-23-54(60(47)52)63-55(44)34-41)62(38-16-5-2-6-17-38)40-28-31-59-51(33-40)46-21-10-12-25-57(46)65-59/h1-36H. The molecule has 0 saturated heterocycles. The number of rotatable bonds is 6. The number of benzene rings is 11. The van der Waals surface area contributed by atoms with E-state index in [0.29, 0.717) is 0 Å². The van der Waals surface area contributed by atoms with Crippen molar-refractivity contribution < 1.29 is 4.74 Å². The number of nitrogens with zero attached hydrogens (tertiary/aromatic N) is 2. The summed E-state index contributed by atoms with van der Waals surface area (Å²) in [5.74, 6) is 1.71. The summed E-state index contributed by atoms with van der Waals surface area (Å²) in [5, 5.41) is 12.2. The van der Waals surface area contributed by atoms with Crippen molar-refractivity contribution in [1.82, 2.24) is 0 Å². The molecule has 13 aromatic rings. The molecule has 5 heteroatoms. The molecule has 0 N–H and O–H groups in total. The Balaban J connectivity index is 0.960. The van der Waals surface area contributed by atoms with Crippen LogP contribution in [0.25, 0.3) is 83.8 Å². The van der Waals surface area contributed by atoms with Crippen molar-refractivity contribution in [3.8, 4) is 22.6 Å². The van der Waals surface area contributed by atoms with Crippen molar-refractivity contribution in [3.05, 3.63) is 218 Å². The number of thiophene rings is 2. The highest BCUT2D eigenvalue weighted by Gasteiger charge is 2.26. The summed E-state index contributed by atoms with van der Waals surface area (Å²) in [6, 6.07) is 79.7. The van der Waals surface area contributed by atoms with Crippen LogP contribution < -0.4 is 14.5 Å². The normalized spacial score (nSPS) is 12.1. The summed E-state index contributed by atoms with van der Waals surface area (Å²) in [4.78, 5) is 4.78. The summed E-state index contributed by atoms with van der Waals surface area (Å²) >= 11 is 3.70. The van der Waals surface area contributed by atoms with Crippen LogP contribution in [0.4, 0.5) is 34.1 Å². The van der Waals surface area contributed by atoms with Gasteiger partial charge in [0.05, 0.1) is 5.69 Å². The molecule has 3 heterocycles. The summed E-state index contributed by atoms with van der Waals surface area (Å²) in [6.45, 7) is 0. The van der Waals surface area contributed by atoms with Crippen molar-refractivity contribution in [3.63, 3.8) is 0 Å². The molecule has 0 saturated carbocycles. The average molecular weight is 865 g/mol. The maximum Gasteiger partial charge on any atom is 0.137 e. The summed E-state index contributed by atoms with van der Waals surface area (Å²) < 4.78 is 12.2. The van der Waals surface area contributed by atoms with Crippen LogP contribution >= 0.6 is 22.7 Å². The van der Waals surface area contributed by atoms with Crippen LogP contribution in [0.2, 0.25) is 0 Å². The van der Waals surface area contributed by atoms with Gasteiger partial charge in [0.2, 0.25) is 0 Å². The molecule has 0 amide bonds. The van der Waals surface area contributed by atoms with E-state index in [1.165, 1.54) is 72.8 Å². The van der Waals surface area contributed by atoms with Gasteiger partial charge in [-0.2, -0.15) is 0 Å². The van der Waals surface area contributed by atoms with Crippen LogP contribution in [-0.4, -0.2) is 0 Å². The van der Waals surface area contributed by atoms with Crippen molar-refractivity contribution in [2.45, 2.75) is 0 Å². The van der Waals surface area contributed by atoms with Crippen molar-refractivity contribution in [2.24, 2.45) is 0 Å². The lowest BCUT2D eigenvalue weighted by molar-refractivity contribution is 0.487. The van der Waals surface area contributed by atoms with Gasteiger partial charge in [0, 0.05) is 91.2 Å². The number of ether oxygens (including phenoxy) is 1. The van der Waals surface area contributed by atoms with E-state index in [9.17, 15) is 0 Å². The third-order valence-electron chi connectivity index (χ3n) is 13.2. The molecule has 0 unspecified atom stereocenters. The van der Waals surface area contributed by atoms with Gasteiger partial charge in [0.15, 0.2) is 0 Å². The molecule has 0 radical (unpaired) electrons. The Labute approximate surface area is 382 Å². The Morgan fingerprint density at radius 3 is 1.46 bits per heavy atom. The van der Waals surface area contributed by atoms with E-state index < -0.39 is 0 Å². The first kappa shape index (κ1) is 36.5. The van der Waals surface area contributed by atoms with E-state index in [4.69, 9.17) is 4.74 Å². The van der Waals surface area contributed by atoms with E-state index in [1.807, 2.05) is 22.7 Å². The largest absolute Gasteiger partial charge is 0.456 e. The van der Waals surface area contributed by atoms with E-state index in [2.05, 4.69) is 228 Å². The fourth-order valence-electron chi connectivity index (χ4n) is 10.3. The molecule has 0 bridgehead atoms. The molecule has 3 nitrogen and oxygen atoms in total. The summed E-state index contributed by atoms with van der Waals surface area (Å²) in [6.07, 6.45) is 0. The fourth-order valence-corrected chi connectivity index (χ4v) is 12.5. The summed E-state index contributed by atoms with van der Waals surface area (Å²) in [5.41, 5.74) is 8.87. The van der Waals surface area contributed by atoms with Gasteiger partial charge in [-0.3, -0.25) is 0 Å². The quantitative estimate of drug-likeness (QED) is 0.155. The molecule has 304 valence electrons. The van der Waals surface area contributed by atoms with E-state index in [-0.39, 0.29) is 0 Å². The van der Waals surface area contributed by atoms with Gasteiger partial charge in [-0.1, -0.05) is 109 Å². The molecule has 11 aromatic carbocycles. The van der Waals surface area contributed by atoms with Crippen LogP contribution in [0.5, 0.6) is 11.5 Å². The molecular weight excluding hydrogens is 829 g/mol. The van der Waals surface area contributed by atoms with Gasteiger partial charge in [0.25, 0.3) is 0 Å². The topological polar surface area (TPSA) is 15.7 Å². The lowest BCUT2D eigenvalue weighted by atomic mass is 9.88. The van der Waals surface area contributed by atoms with Crippen LogP contribution in [-0.2, 0) is 0 Å². The Kier molecular flexibility index (Phi) is 8.02. The predicted octanol–water partition coefficient (Wildman–Crippen LogP) is 18.6. The summed E-state index contributed by atoms with van der Waals surface area (Å²) in [7, 11) is 0. The number of anilines is 6. The van der Waals surface area contributed by atoms with E-state index >= 15 is 0 Å². The number of fused-ring (bicyclic) bond motifs is 12. The predicted molar refractivity (Wildman–Crippen MR) is 280 cm³/mol. The monoisotopic (exact) mass is 864 g/mol. The Morgan fingerprint density at radius 2 is 0.785 bits per heavy atom. The molecule has 1 aliphatic rings. The van der Waals surface area contributed by atoms with Gasteiger partial charge >= 0.3 is 0 Å². The number of hydrogen-bond donors (Lipinski definition) is 0. The van der Waals surface area contributed by atoms with Gasteiger partial charge in [-0.05, 0) is 130 Å². The second-order valence-corrected chi connectivity index (χ2v) is 19.0. The first-order valence-electron chi connectivity index (χ1n) is 22.0. The van der Waals surface area contributed by atoms with Gasteiger partial charge < -0.3 is 14.5 Å². The number of para-hydroxylation sites is 2. The third kappa shape index (κ3) is 5.66. The average Bonchev–Trinajstić information content (AvgIpc) is 3.93. The molecule has 0 atom stereocenters. The molecule has 0 spiro atoms. The second-order valence-electron chi connectivity index (χ2n) is 16.8. The molecule has 2 aromatic heterocycles. The molecule has 0 fully saturated rings. The zero-order valence-corrected chi connectivity index (χ0v) is 36.5. The first-order valence-corrected chi connectivity index (χ1v) is 23.6. The van der Waals surface area contributed by atoms with Gasteiger partial charge in [-0.15, -0.1) is 22.7 Å². The third-order valence-corrected chi connectivity index (χ3v) is 15.5. The lowest BCUT2D eigenvalue weighted by Crippen LogP contribution is -2.11. The van der Waals surface area contributed by atoms with Crippen LogP contribution in [0, 0.1) is 0 Å². The minimum atomic E-state index is 0.845. The Bertz CT molecular complexity index is 4060. The van der Waals surface area contributed by atoms with Crippen molar-refractivity contribution >= 4 is 129 Å². The minimum absolute atomic E-state index is 0.845. The molecule has 65 heavy (non-hydrogen) atoms. The number of hydrogen-bond acceptors (Lipinski definition) is 5. The maximum absolute atomic E-state index is 7.01. The van der Waals surface area contributed by atoms with Crippen molar-refractivity contribution in [2.75, 3.05) is 9.80 Å². The van der Waals surface area contributed by atoms with Crippen LogP contribution in [0.1, 0.15) is 0 Å². The zero-order chi connectivity index (χ0) is 42.6. The highest BCUT2D eigenvalue weighted by Crippen LogP contribution is 2.53. The minimum Gasteiger partial charge on any atom is -0.456 e. The SMILES string of the molecule is c1ccc(N(c2ccc3c(c2)Oc2cccc4c2c-3cc2c3ccccc3c(N(c3ccccc3)c3ccc5sc6ccccc6c5c3)cc42)c2ccc3sc4ccccc4c3c2)cc1. The van der Waals surface area contributed by atoms with Crippen LogP contribution in [0.15, 0.2) is 218 Å². The zero-order valence-electron chi connectivity index (χ0n) is 34.9. The van der Waals surface area contributed by atoms with E-state index in [0.717, 1.165) is 56.6 Å². The lowest BCUT2D eigenvalue weighted by Gasteiger charge is -2.29. The van der Waals surface area contributed by atoms with Gasteiger partial charge in [0.1, 0.15) is 11.5 Å². The van der Waals surface area contributed by atoms with E-state index in [1.54, 1.807) is 0 Å². The highest BCUT2D eigenvalue weighted by atomic mass is 32.1. The first-order chi connectivity index (χ1) is 32.2. The second kappa shape index (κ2) is 14.3. The van der Waals surface area contributed by atoms with Gasteiger partial charge in [-0.25, -0.2) is 0 Å². The Morgan fingerprint density at radius 1 is 0.277 bits per heavy atom. The fraction of sp³-hybridized carbons (Fsp3) is 0. The maximum atomic E-state index is 7.01. The smallest absolute Gasteiger partial charge is 0.137 e.